The molecule has 5 aromatic rings. The molecule has 3 aromatic carbocycles. The van der Waals surface area contributed by atoms with Crippen LogP contribution in [0.1, 0.15) is 32.9 Å². The number of carbonyl (C=O) groups excluding carboxylic acids is 1. The minimum absolute atomic E-state index is 0.0238. The van der Waals surface area contributed by atoms with Gasteiger partial charge in [-0.05, 0) is 34.7 Å². The summed E-state index contributed by atoms with van der Waals surface area (Å²) in [6.45, 7) is 0.0238. The SMILES string of the molecule is CN(C)S(=O)(=O)n1cnc(C#CCN(C(=O)c2cccn2C)C(c2ccccc2)(c2ccccc2)c2ccccc2)c1. The molecular weight excluding hydrogens is 546 g/mol. The number of benzene rings is 3. The minimum Gasteiger partial charge on any atom is -0.347 e. The fourth-order valence-electron chi connectivity index (χ4n) is 5.06. The summed E-state index contributed by atoms with van der Waals surface area (Å²) in [5.74, 6) is 5.90. The highest BCUT2D eigenvalue weighted by Gasteiger charge is 2.45. The van der Waals surface area contributed by atoms with E-state index in [0.29, 0.717) is 5.69 Å². The highest BCUT2D eigenvalue weighted by Crippen LogP contribution is 2.43. The summed E-state index contributed by atoms with van der Waals surface area (Å²) < 4.78 is 29.0. The highest BCUT2D eigenvalue weighted by atomic mass is 32.2. The van der Waals surface area contributed by atoms with E-state index in [2.05, 4.69) is 16.8 Å². The number of hydrogen-bond acceptors (Lipinski definition) is 4. The molecular formula is C33H31N5O3S. The molecule has 0 spiro atoms. The maximum Gasteiger partial charge on any atom is 0.308 e. The topological polar surface area (TPSA) is 80.4 Å². The molecule has 0 bridgehead atoms. The van der Waals surface area contributed by atoms with Gasteiger partial charge in [-0.25, -0.2) is 8.96 Å². The summed E-state index contributed by atoms with van der Waals surface area (Å²) >= 11 is 0. The summed E-state index contributed by atoms with van der Waals surface area (Å²) in [6, 6.07) is 33.4. The van der Waals surface area contributed by atoms with Crippen LogP contribution in [0.2, 0.25) is 0 Å². The molecule has 0 aliphatic carbocycles. The summed E-state index contributed by atoms with van der Waals surface area (Å²) in [4.78, 5) is 20.5. The number of carbonyl (C=O) groups is 1. The van der Waals surface area contributed by atoms with E-state index in [1.165, 1.54) is 26.6 Å². The van der Waals surface area contributed by atoms with Crippen LogP contribution in [-0.4, -0.2) is 57.7 Å². The van der Waals surface area contributed by atoms with Gasteiger partial charge >= 0.3 is 10.2 Å². The van der Waals surface area contributed by atoms with Gasteiger partial charge in [-0.1, -0.05) is 96.9 Å². The van der Waals surface area contributed by atoms with E-state index in [9.17, 15) is 13.2 Å². The minimum atomic E-state index is -3.72. The zero-order chi connectivity index (χ0) is 29.7. The fraction of sp³-hybridized carbons (Fsp3) is 0.152. The van der Waals surface area contributed by atoms with Crippen LogP contribution in [0.25, 0.3) is 0 Å². The Hall–Kier alpha value is -4.91. The third-order valence-electron chi connectivity index (χ3n) is 7.13. The van der Waals surface area contributed by atoms with Crippen LogP contribution in [-0.2, 0) is 22.8 Å². The molecule has 0 atom stereocenters. The Kier molecular flexibility index (Phi) is 8.11. The molecule has 2 heterocycles. The third kappa shape index (κ3) is 5.26. The van der Waals surface area contributed by atoms with Crippen molar-refractivity contribution in [3.63, 3.8) is 0 Å². The number of amides is 1. The lowest BCUT2D eigenvalue weighted by Crippen LogP contribution is -2.51. The van der Waals surface area contributed by atoms with Crippen molar-refractivity contribution >= 4 is 16.1 Å². The maximum absolute atomic E-state index is 14.6. The summed E-state index contributed by atoms with van der Waals surface area (Å²) in [7, 11) is 1.01. The molecule has 42 heavy (non-hydrogen) atoms. The van der Waals surface area contributed by atoms with Crippen molar-refractivity contribution < 1.29 is 13.2 Å². The molecule has 0 radical (unpaired) electrons. The van der Waals surface area contributed by atoms with E-state index >= 15 is 0 Å². The first kappa shape index (κ1) is 28.6. The molecule has 0 N–H and O–H groups in total. The third-order valence-corrected chi connectivity index (χ3v) is 8.78. The van der Waals surface area contributed by atoms with Crippen molar-refractivity contribution in [2.45, 2.75) is 5.54 Å². The van der Waals surface area contributed by atoms with E-state index in [0.717, 1.165) is 25.0 Å². The second kappa shape index (κ2) is 11.9. The van der Waals surface area contributed by atoms with Crippen LogP contribution in [0.4, 0.5) is 0 Å². The van der Waals surface area contributed by atoms with E-state index in [4.69, 9.17) is 0 Å². The molecule has 0 aliphatic heterocycles. The first-order valence-electron chi connectivity index (χ1n) is 13.3. The van der Waals surface area contributed by atoms with Crippen molar-refractivity contribution in [2.24, 2.45) is 7.05 Å². The van der Waals surface area contributed by atoms with E-state index in [1.54, 1.807) is 15.5 Å². The van der Waals surface area contributed by atoms with Gasteiger partial charge in [0.05, 0.1) is 12.7 Å². The Morgan fingerprint density at radius 1 is 0.833 bits per heavy atom. The van der Waals surface area contributed by atoms with Crippen molar-refractivity contribution in [2.75, 3.05) is 20.6 Å². The zero-order valence-corrected chi connectivity index (χ0v) is 24.4. The Morgan fingerprint density at radius 2 is 1.36 bits per heavy atom. The molecule has 8 nitrogen and oxygen atoms in total. The van der Waals surface area contributed by atoms with Crippen LogP contribution in [0.5, 0.6) is 0 Å². The van der Waals surface area contributed by atoms with Crippen LogP contribution in [0.15, 0.2) is 122 Å². The fourth-order valence-corrected chi connectivity index (χ4v) is 5.84. The van der Waals surface area contributed by atoms with Crippen LogP contribution < -0.4 is 0 Å². The van der Waals surface area contributed by atoms with Crippen LogP contribution >= 0.6 is 0 Å². The molecule has 0 fully saturated rings. The van der Waals surface area contributed by atoms with E-state index in [-0.39, 0.29) is 18.1 Å². The summed E-state index contributed by atoms with van der Waals surface area (Å²) in [6.07, 6.45) is 4.42. The maximum atomic E-state index is 14.6. The van der Waals surface area contributed by atoms with E-state index in [1.807, 2.05) is 110 Å². The smallest absolute Gasteiger partial charge is 0.308 e. The first-order valence-corrected chi connectivity index (χ1v) is 14.7. The second-order valence-corrected chi connectivity index (χ2v) is 11.9. The predicted molar refractivity (Wildman–Crippen MR) is 163 cm³/mol. The monoisotopic (exact) mass is 577 g/mol. The molecule has 1 amide bonds. The van der Waals surface area contributed by atoms with Gasteiger partial charge in [0.2, 0.25) is 0 Å². The predicted octanol–water partition coefficient (Wildman–Crippen LogP) is 4.36. The molecule has 212 valence electrons. The Balaban J connectivity index is 1.72. The van der Waals surface area contributed by atoms with Gasteiger partial charge in [0.1, 0.15) is 23.3 Å². The van der Waals surface area contributed by atoms with Gasteiger partial charge in [0.25, 0.3) is 5.91 Å². The standard InChI is InChI=1S/C33H31N5O3S/c1-35(2)42(40,41)37-25-30(34-26-37)21-13-24-38(32(39)31-22-14-23-36(31)3)33(27-15-7-4-8-16-27,28-17-9-5-10-18-28)29-19-11-6-12-20-29/h4-12,14-20,22-23,25-26H,24H2,1-3H3. The quantitative estimate of drug-likeness (QED) is 0.203. The Labute approximate surface area is 246 Å². The average molecular weight is 578 g/mol. The van der Waals surface area contributed by atoms with Crippen molar-refractivity contribution in [1.82, 2.24) is 22.7 Å². The molecule has 9 heteroatoms. The van der Waals surface area contributed by atoms with Gasteiger partial charge < -0.3 is 9.47 Å². The Morgan fingerprint density at radius 3 is 1.81 bits per heavy atom. The number of aromatic nitrogens is 3. The number of imidazole rings is 1. The summed E-state index contributed by atoms with van der Waals surface area (Å²) in [5.41, 5.74) is 2.42. The van der Waals surface area contributed by atoms with Crippen molar-refractivity contribution in [1.29, 1.82) is 0 Å². The van der Waals surface area contributed by atoms with Gasteiger partial charge in [-0.2, -0.15) is 12.7 Å². The lowest BCUT2D eigenvalue weighted by atomic mass is 9.75. The van der Waals surface area contributed by atoms with Gasteiger partial charge in [0.15, 0.2) is 0 Å². The number of nitrogens with zero attached hydrogens (tertiary/aromatic N) is 5. The Bertz CT molecular complexity index is 1740. The van der Waals surface area contributed by atoms with Gasteiger partial charge in [-0.15, -0.1) is 0 Å². The zero-order valence-electron chi connectivity index (χ0n) is 23.6. The lowest BCUT2D eigenvalue weighted by Gasteiger charge is -2.45. The van der Waals surface area contributed by atoms with E-state index < -0.39 is 15.7 Å². The number of aryl methyl sites for hydroxylation is 1. The van der Waals surface area contributed by atoms with Crippen LogP contribution in [0, 0.1) is 11.8 Å². The van der Waals surface area contributed by atoms with Gasteiger partial charge in [0, 0.05) is 27.3 Å². The molecule has 0 saturated heterocycles. The first-order chi connectivity index (χ1) is 20.3. The normalized spacial score (nSPS) is 11.6. The van der Waals surface area contributed by atoms with Crippen molar-refractivity contribution in [3.05, 3.63) is 150 Å². The largest absolute Gasteiger partial charge is 0.347 e. The summed E-state index contributed by atoms with van der Waals surface area (Å²) in [5, 5.41) is 0. The molecule has 5 rings (SSSR count). The van der Waals surface area contributed by atoms with Crippen molar-refractivity contribution in [3.8, 4) is 11.8 Å². The molecule has 0 aliphatic rings. The molecule has 2 aromatic heterocycles. The lowest BCUT2D eigenvalue weighted by molar-refractivity contribution is 0.0639. The molecule has 0 saturated carbocycles. The molecule has 0 unspecified atom stereocenters. The average Bonchev–Trinajstić information content (AvgIpc) is 3.67. The van der Waals surface area contributed by atoms with Crippen LogP contribution in [0.3, 0.4) is 0 Å². The number of hydrogen-bond donors (Lipinski definition) is 0. The highest BCUT2D eigenvalue weighted by molar-refractivity contribution is 7.87. The van der Waals surface area contributed by atoms with Gasteiger partial charge in [-0.3, -0.25) is 4.79 Å². The number of rotatable bonds is 8. The second-order valence-electron chi connectivity index (χ2n) is 9.88.